The standard InChI is InChI=1S/C24H38F2N4O4/c1-23(2,3)14-29(15-24(4,5)6)18(12-27)21(32)28-17-8-7-16(11-19(17)34-22(25)26)30-9-10-33-13-20(30)31/h7-8,11,18,22H,9-10,12-15,27H2,1-6H3,(H,28,32)/t18-/m0/s1. The molecule has 0 spiro atoms. The quantitative estimate of drug-likeness (QED) is 0.558. The minimum absolute atomic E-state index is 0.0589. The van der Waals surface area contributed by atoms with Crippen molar-refractivity contribution in [2.75, 3.05) is 49.6 Å². The van der Waals surface area contributed by atoms with Gasteiger partial charge in [-0.25, -0.2) is 0 Å². The van der Waals surface area contributed by atoms with Gasteiger partial charge in [-0.15, -0.1) is 0 Å². The number of nitrogens with two attached hydrogens (primary N) is 1. The van der Waals surface area contributed by atoms with Crippen LogP contribution in [0.4, 0.5) is 20.2 Å². The van der Waals surface area contributed by atoms with Gasteiger partial charge in [0.1, 0.15) is 12.6 Å². The largest absolute Gasteiger partial charge is 0.433 e. The predicted octanol–water partition coefficient (Wildman–Crippen LogP) is 3.31. The summed E-state index contributed by atoms with van der Waals surface area (Å²) in [7, 11) is 0. The smallest absolute Gasteiger partial charge is 0.387 e. The van der Waals surface area contributed by atoms with Crippen LogP contribution >= 0.6 is 0 Å². The Balaban J connectivity index is 2.32. The fourth-order valence-corrected chi connectivity index (χ4v) is 3.90. The molecule has 1 saturated heterocycles. The van der Waals surface area contributed by atoms with E-state index in [2.05, 4.69) is 51.6 Å². The van der Waals surface area contributed by atoms with Crippen molar-refractivity contribution in [1.29, 1.82) is 0 Å². The highest BCUT2D eigenvalue weighted by Crippen LogP contribution is 2.32. The van der Waals surface area contributed by atoms with E-state index in [0.717, 1.165) is 0 Å². The molecule has 0 aliphatic carbocycles. The number of ether oxygens (including phenoxy) is 2. The minimum atomic E-state index is -3.10. The molecule has 0 radical (unpaired) electrons. The van der Waals surface area contributed by atoms with Crippen LogP contribution in [-0.2, 0) is 14.3 Å². The van der Waals surface area contributed by atoms with E-state index in [9.17, 15) is 18.4 Å². The SMILES string of the molecule is CC(C)(C)CN(CC(C)(C)C)[C@@H](CN)C(=O)Nc1ccc(N2CCOCC2=O)cc1OC(F)F. The summed E-state index contributed by atoms with van der Waals surface area (Å²) < 4.78 is 36.1. The molecule has 0 bridgehead atoms. The second-order valence-electron chi connectivity index (χ2n) is 10.9. The van der Waals surface area contributed by atoms with Crippen LogP contribution in [0.3, 0.4) is 0 Å². The summed E-state index contributed by atoms with van der Waals surface area (Å²) in [6.07, 6.45) is 0. The summed E-state index contributed by atoms with van der Waals surface area (Å²) >= 11 is 0. The number of rotatable bonds is 9. The zero-order valence-corrected chi connectivity index (χ0v) is 21.0. The minimum Gasteiger partial charge on any atom is -0.433 e. The molecular formula is C24H38F2N4O4. The van der Waals surface area contributed by atoms with Gasteiger partial charge >= 0.3 is 6.61 Å². The van der Waals surface area contributed by atoms with Crippen molar-refractivity contribution in [1.82, 2.24) is 4.90 Å². The molecule has 34 heavy (non-hydrogen) atoms. The number of nitrogens with zero attached hydrogens (tertiary/aromatic N) is 2. The van der Waals surface area contributed by atoms with Crippen molar-refractivity contribution in [3.63, 3.8) is 0 Å². The van der Waals surface area contributed by atoms with Crippen LogP contribution in [-0.4, -0.2) is 68.8 Å². The molecule has 1 aromatic carbocycles. The molecule has 0 saturated carbocycles. The maximum absolute atomic E-state index is 13.3. The van der Waals surface area contributed by atoms with Crippen LogP contribution in [0, 0.1) is 10.8 Å². The second-order valence-corrected chi connectivity index (χ2v) is 10.9. The first-order valence-corrected chi connectivity index (χ1v) is 11.4. The monoisotopic (exact) mass is 484 g/mol. The number of alkyl halides is 2. The molecule has 8 nitrogen and oxygen atoms in total. The molecular weight excluding hydrogens is 446 g/mol. The number of hydrogen-bond acceptors (Lipinski definition) is 6. The Morgan fingerprint density at radius 3 is 2.32 bits per heavy atom. The normalized spacial score (nSPS) is 16.2. The third-order valence-electron chi connectivity index (χ3n) is 5.06. The lowest BCUT2D eigenvalue weighted by Crippen LogP contribution is -2.53. The van der Waals surface area contributed by atoms with Gasteiger partial charge in [-0.2, -0.15) is 8.78 Å². The lowest BCUT2D eigenvalue weighted by molar-refractivity contribution is -0.125. The number of hydrogen-bond donors (Lipinski definition) is 2. The van der Waals surface area contributed by atoms with Crippen LogP contribution in [0.15, 0.2) is 18.2 Å². The van der Waals surface area contributed by atoms with Crippen LogP contribution in [0.5, 0.6) is 5.75 Å². The molecule has 2 amide bonds. The van der Waals surface area contributed by atoms with E-state index in [1.807, 2.05) is 4.90 Å². The summed E-state index contributed by atoms with van der Waals surface area (Å²) in [5.74, 6) is -0.923. The molecule has 192 valence electrons. The number of nitrogens with one attached hydrogen (secondary N) is 1. The molecule has 0 aromatic heterocycles. The number of halogens is 2. The van der Waals surface area contributed by atoms with Gasteiger partial charge in [-0.1, -0.05) is 41.5 Å². The second kappa shape index (κ2) is 11.4. The highest BCUT2D eigenvalue weighted by atomic mass is 19.3. The van der Waals surface area contributed by atoms with Gasteiger partial charge in [-0.3, -0.25) is 14.5 Å². The summed E-state index contributed by atoms with van der Waals surface area (Å²) in [5.41, 5.74) is 6.31. The fourth-order valence-electron chi connectivity index (χ4n) is 3.90. The zero-order valence-electron chi connectivity index (χ0n) is 21.0. The van der Waals surface area contributed by atoms with E-state index < -0.39 is 18.6 Å². The van der Waals surface area contributed by atoms with Crippen LogP contribution < -0.4 is 20.7 Å². The molecule has 2 rings (SSSR count). The van der Waals surface area contributed by atoms with E-state index in [1.165, 1.54) is 17.0 Å². The Hall–Kier alpha value is -2.30. The Morgan fingerprint density at radius 2 is 1.82 bits per heavy atom. The summed E-state index contributed by atoms with van der Waals surface area (Å²) in [6, 6.07) is 3.69. The number of anilines is 2. The number of amides is 2. The maximum Gasteiger partial charge on any atom is 0.387 e. The van der Waals surface area contributed by atoms with E-state index in [4.69, 9.17) is 10.5 Å². The highest BCUT2D eigenvalue weighted by molar-refractivity contribution is 5.98. The molecule has 1 aliphatic heterocycles. The highest BCUT2D eigenvalue weighted by Gasteiger charge is 2.32. The number of carbonyl (C=O) groups is 2. The fraction of sp³-hybridized carbons (Fsp3) is 0.667. The molecule has 1 aliphatic rings. The molecule has 0 unspecified atom stereocenters. The summed E-state index contributed by atoms with van der Waals surface area (Å²) in [6.45, 7) is 11.2. The topological polar surface area (TPSA) is 97.1 Å². The van der Waals surface area contributed by atoms with Crippen LogP contribution in [0.25, 0.3) is 0 Å². The van der Waals surface area contributed by atoms with Crippen LogP contribution in [0.1, 0.15) is 41.5 Å². The molecule has 1 fully saturated rings. The van der Waals surface area contributed by atoms with E-state index in [0.29, 0.717) is 31.9 Å². The Labute approximate surface area is 200 Å². The van der Waals surface area contributed by atoms with Crippen molar-refractivity contribution in [3.8, 4) is 5.75 Å². The summed E-state index contributed by atoms with van der Waals surface area (Å²) in [4.78, 5) is 28.9. The third-order valence-corrected chi connectivity index (χ3v) is 5.06. The molecule has 1 heterocycles. The van der Waals surface area contributed by atoms with E-state index in [-0.39, 0.29) is 41.3 Å². The van der Waals surface area contributed by atoms with Gasteiger partial charge in [0.15, 0.2) is 5.75 Å². The van der Waals surface area contributed by atoms with E-state index in [1.54, 1.807) is 6.07 Å². The van der Waals surface area contributed by atoms with Crippen molar-refractivity contribution in [3.05, 3.63) is 18.2 Å². The van der Waals surface area contributed by atoms with Crippen molar-refractivity contribution in [2.45, 2.75) is 54.2 Å². The number of benzene rings is 1. The molecule has 1 atom stereocenters. The third kappa shape index (κ3) is 8.48. The first kappa shape index (κ1) is 27.9. The molecule has 10 heteroatoms. The van der Waals surface area contributed by atoms with Gasteiger partial charge in [0.05, 0.1) is 12.3 Å². The Morgan fingerprint density at radius 1 is 1.21 bits per heavy atom. The number of morpholine rings is 1. The predicted molar refractivity (Wildman–Crippen MR) is 128 cm³/mol. The van der Waals surface area contributed by atoms with E-state index >= 15 is 0 Å². The maximum atomic E-state index is 13.3. The first-order valence-electron chi connectivity index (χ1n) is 11.4. The Bertz CT molecular complexity index is 836. The van der Waals surface area contributed by atoms with Gasteiger partial charge in [-0.05, 0) is 23.0 Å². The Kier molecular flexibility index (Phi) is 9.38. The average Bonchev–Trinajstić information content (AvgIpc) is 2.67. The molecule has 1 aromatic rings. The van der Waals surface area contributed by atoms with Gasteiger partial charge in [0.25, 0.3) is 5.91 Å². The number of carbonyl (C=O) groups excluding carboxylic acids is 2. The average molecular weight is 485 g/mol. The van der Waals surface area contributed by atoms with Crippen molar-refractivity contribution in [2.24, 2.45) is 16.6 Å². The van der Waals surface area contributed by atoms with Gasteiger partial charge in [0.2, 0.25) is 5.91 Å². The van der Waals surface area contributed by atoms with Crippen molar-refractivity contribution >= 4 is 23.2 Å². The molecule has 3 N–H and O–H groups in total. The zero-order chi connectivity index (χ0) is 25.7. The van der Waals surface area contributed by atoms with Crippen LogP contribution in [0.2, 0.25) is 0 Å². The lowest BCUT2D eigenvalue weighted by atomic mass is 9.91. The van der Waals surface area contributed by atoms with Gasteiger partial charge in [0, 0.05) is 37.9 Å². The van der Waals surface area contributed by atoms with Gasteiger partial charge < -0.3 is 25.4 Å². The first-order chi connectivity index (χ1) is 15.7. The summed E-state index contributed by atoms with van der Waals surface area (Å²) in [5, 5.41) is 2.71. The van der Waals surface area contributed by atoms with Crippen molar-refractivity contribution < 1.29 is 27.8 Å². The lowest BCUT2D eigenvalue weighted by Gasteiger charge is -2.38.